The minimum Gasteiger partial charge on any atom is -0.451 e. The van der Waals surface area contributed by atoms with Crippen molar-refractivity contribution >= 4 is 16.9 Å². The summed E-state index contributed by atoms with van der Waals surface area (Å²) in [5.74, 6) is 0.396. The molecule has 1 amide bonds. The molecule has 1 aromatic heterocycles. The maximum absolute atomic E-state index is 12.6. The zero-order valence-electron chi connectivity index (χ0n) is 13.2. The third-order valence-electron chi connectivity index (χ3n) is 4.24. The summed E-state index contributed by atoms with van der Waals surface area (Å²) in [6.07, 6.45) is 0. The summed E-state index contributed by atoms with van der Waals surface area (Å²) in [7, 11) is 1.83. The van der Waals surface area contributed by atoms with Gasteiger partial charge in [0.15, 0.2) is 5.76 Å². The Morgan fingerprint density at radius 3 is 2.73 bits per heavy atom. The van der Waals surface area contributed by atoms with Crippen molar-refractivity contribution in [3.63, 3.8) is 0 Å². The molecule has 22 heavy (non-hydrogen) atoms. The van der Waals surface area contributed by atoms with Crippen molar-refractivity contribution in [3.8, 4) is 0 Å². The molecule has 1 aromatic carbocycles. The summed E-state index contributed by atoms with van der Waals surface area (Å²) in [6, 6.07) is 7.76. The van der Waals surface area contributed by atoms with Crippen LogP contribution in [0.15, 0.2) is 28.7 Å². The summed E-state index contributed by atoms with van der Waals surface area (Å²) in [4.78, 5) is 16.7. The molecule has 0 bridgehead atoms. The van der Waals surface area contributed by atoms with Gasteiger partial charge in [-0.1, -0.05) is 18.2 Å². The predicted octanol–water partition coefficient (Wildman–Crippen LogP) is 2.15. The number of benzene rings is 1. The molecule has 1 aliphatic rings. The van der Waals surface area contributed by atoms with E-state index >= 15 is 0 Å². The van der Waals surface area contributed by atoms with E-state index < -0.39 is 0 Å². The summed E-state index contributed by atoms with van der Waals surface area (Å²) in [6.45, 7) is 6.92. The number of amides is 1. The Labute approximate surface area is 130 Å². The fourth-order valence-corrected chi connectivity index (χ4v) is 2.77. The first-order chi connectivity index (χ1) is 10.7. The highest BCUT2D eigenvalue weighted by atomic mass is 16.5. The van der Waals surface area contributed by atoms with Gasteiger partial charge < -0.3 is 14.1 Å². The normalized spacial score (nSPS) is 16.1. The van der Waals surface area contributed by atoms with Gasteiger partial charge in [-0.2, -0.15) is 0 Å². The Bertz CT molecular complexity index is 659. The van der Waals surface area contributed by atoms with E-state index in [4.69, 9.17) is 9.15 Å². The number of para-hydroxylation sites is 1. The van der Waals surface area contributed by atoms with Crippen molar-refractivity contribution in [2.45, 2.75) is 6.92 Å². The third kappa shape index (κ3) is 3.00. The van der Waals surface area contributed by atoms with Gasteiger partial charge in [0, 0.05) is 44.2 Å². The van der Waals surface area contributed by atoms with Crippen molar-refractivity contribution in [1.29, 1.82) is 0 Å². The number of ether oxygens (including phenoxy) is 1. The van der Waals surface area contributed by atoms with Crippen LogP contribution in [0.5, 0.6) is 0 Å². The summed E-state index contributed by atoms with van der Waals surface area (Å²) in [5, 5.41) is 1.01. The highest BCUT2D eigenvalue weighted by molar-refractivity contribution is 5.98. The van der Waals surface area contributed by atoms with Crippen molar-refractivity contribution in [3.05, 3.63) is 35.6 Å². The van der Waals surface area contributed by atoms with Crippen LogP contribution in [-0.4, -0.2) is 62.1 Å². The van der Waals surface area contributed by atoms with Gasteiger partial charge in [0.25, 0.3) is 5.91 Å². The van der Waals surface area contributed by atoms with E-state index in [9.17, 15) is 4.79 Å². The second kappa shape index (κ2) is 6.50. The number of hydrogen-bond acceptors (Lipinski definition) is 4. The zero-order chi connectivity index (χ0) is 15.5. The Morgan fingerprint density at radius 1 is 1.27 bits per heavy atom. The molecule has 5 heteroatoms. The summed E-state index contributed by atoms with van der Waals surface area (Å²) < 4.78 is 11.1. The first-order valence-corrected chi connectivity index (χ1v) is 7.70. The smallest absolute Gasteiger partial charge is 0.289 e. The average Bonchev–Trinajstić information content (AvgIpc) is 2.90. The predicted molar refractivity (Wildman–Crippen MR) is 85.2 cm³/mol. The Morgan fingerprint density at radius 2 is 2.00 bits per heavy atom. The van der Waals surface area contributed by atoms with Crippen LogP contribution < -0.4 is 0 Å². The Balaban J connectivity index is 1.67. The summed E-state index contributed by atoms with van der Waals surface area (Å²) >= 11 is 0. The van der Waals surface area contributed by atoms with Crippen molar-refractivity contribution < 1.29 is 13.9 Å². The third-order valence-corrected chi connectivity index (χ3v) is 4.24. The molecule has 0 spiro atoms. The maximum atomic E-state index is 12.6. The van der Waals surface area contributed by atoms with Crippen molar-refractivity contribution in [1.82, 2.24) is 9.80 Å². The Hall–Kier alpha value is -1.85. The van der Waals surface area contributed by atoms with Crippen molar-refractivity contribution in [2.24, 2.45) is 0 Å². The molecule has 1 aliphatic heterocycles. The van der Waals surface area contributed by atoms with E-state index in [1.807, 2.05) is 38.2 Å². The van der Waals surface area contributed by atoms with Crippen LogP contribution in [-0.2, 0) is 4.74 Å². The number of carbonyl (C=O) groups excluding carboxylic acids is 1. The maximum Gasteiger partial charge on any atom is 0.289 e. The second-order valence-corrected chi connectivity index (χ2v) is 5.73. The van der Waals surface area contributed by atoms with Crippen LogP contribution in [0.3, 0.4) is 0 Å². The number of furan rings is 1. The molecular formula is C17H22N2O3. The molecule has 3 rings (SSSR count). The molecule has 0 saturated carbocycles. The lowest BCUT2D eigenvalue weighted by Crippen LogP contribution is -2.41. The molecule has 0 radical (unpaired) electrons. The monoisotopic (exact) mass is 302 g/mol. The molecule has 0 atom stereocenters. The molecule has 1 saturated heterocycles. The van der Waals surface area contributed by atoms with E-state index in [2.05, 4.69) is 4.90 Å². The standard InChI is InChI=1S/C17H22N2O3/c1-13-14-5-3-4-6-15(14)22-16(13)17(20)18(2)7-8-19-9-11-21-12-10-19/h3-6H,7-12H2,1-2H3. The number of hydrogen-bond donors (Lipinski definition) is 0. The number of likely N-dealkylation sites (N-methyl/N-ethyl adjacent to an activating group) is 1. The SMILES string of the molecule is Cc1c(C(=O)N(C)CCN2CCOCC2)oc2ccccc12. The van der Waals surface area contributed by atoms with Gasteiger partial charge in [0.2, 0.25) is 0 Å². The fourth-order valence-electron chi connectivity index (χ4n) is 2.77. The van der Waals surface area contributed by atoms with Gasteiger partial charge >= 0.3 is 0 Å². The zero-order valence-corrected chi connectivity index (χ0v) is 13.2. The van der Waals surface area contributed by atoms with Gasteiger partial charge in [-0.15, -0.1) is 0 Å². The molecule has 0 aliphatic carbocycles. The molecule has 2 aromatic rings. The second-order valence-electron chi connectivity index (χ2n) is 5.73. The van der Waals surface area contributed by atoms with Crippen LogP contribution in [0.2, 0.25) is 0 Å². The van der Waals surface area contributed by atoms with Gasteiger partial charge in [-0.25, -0.2) is 0 Å². The van der Waals surface area contributed by atoms with Crippen LogP contribution in [0.1, 0.15) is 16.1 Å². The molecule has 2 heterocycles. The van der Waals surface area contributed by atoms with Crippen LogP contribution in [0.25, 0.3) is 11.0 Å². The van der Waals surface area contributed by atoms with Crippen molar-refractivity contribution in [2.75, 3.05) is 46.4 Å². The molecule has 0 unspecified atom stereocenters. The molecular weight excluding hydrogens is 280 g/mol. The number of morpholine rings is 1. The van der Waals surface area contributed by atoms with E-state index in [0.717, 1.165) is 49.4 Å². The quantitative estimate of drug-likeness (QED) is 0.868. The minimum absolute atomic E-state index is 0.0537. The topological polar surface area (TPSA) is 45.9 Å². The molecule has 5 nitrogen and oxygen atoms in total. The average molecular weight is 302 g/mol. The number of rotatable bonds is 4. The highest BCUT2D eigenvalue weighted by Gasteiger charge is 2.21. The fraction of sp³-hybridized carbons (Fsp3) is 0.471. The van der Waals surface area contributed by atoms with Crippen LogP contribution >= 0.6 is 0 Å². The van der Waals surface area contributed by atoms with Gasteiger partial charge in [-0.3, -0.25) is 9.69 Å². The van der Waals surface area contributed by atoms with E-state index in [1.54, 1.807) is 4.90 Å². The number of fused-ring (bicyclic) bond motifs is 1. The summed E-state index contributed by atoms with van der Waals surface area (Å²) in [5.41, 5.74) is 1.68. The van der Waals surface area contributed by atoms with E-state index in [0.29, 0.717) is 12.3 Å². The molecule has 1 fully saturated rings. The first kappa shape index (κ1) is 15.1. The highest BCUT2D eigenvalue weighted by Crippen LogP contribution is 2.25. The van der Waals surface area contributed by atoms with E-state index in [1.165, 1.54) is 0 Å². The lowest BCUT2D eigenvalue weighted by atomic mass is 10.1. The first-order valence-electron chi connectivity index (χ1n) is 7.70. The number of nitrogens with zero attached hydrogens (tertiary/aromatic N) is 2. The van der Waals surface area contributed by atoms with Crippen LogP contribution in [0.4, 0.5) is 0 Å². The number of carbonyl (C=O) groups is 1. The Kier molecular flexibility index (Phi) is 4.45. The van der Waals surface area contributed by atoms with Crippen LogP contribution in [0, 0.1) is 6.92 Å². The van der Waals surface area contributed by atoms with Gasteiger partial charge in [0.05, 0.1) is 13.2 Å². The molecule has 118 valence electrons. The van der Waals surface area contributed by atoms with Gasteiger partial charge in [-0.05, 0) is 13.0 Å². The number of aryl methyl sites for hydroxylation is 1. The van der Waals surface area contributed by atoms with Gasteiger partial charge in [0.1, 0.15) is 5.58 Å². The largest absolute Gasteiger partial charge is 0.451 e. The lowest BCUT2D eigenvalue weighted by molar-refractivity contribution is 0.0335. The molecule has 0 N–H and O–H groups in total. The van der Waals surface area contributed by atoms with E-state index in [-0.39, 0.29) is 5.91 Å². The minimum atomic E-state index is -0.0537. The lowest BCUT2D eigenvalue weighted by Gasteiger charge is -2.28.